The lowest BCUT2D eigenvalue weighted by Crippen LogP contribution is -2.29. The van der Waals surface area contributed by atoms with Crippen LogP contribution in [0, 0.1) is 19.7 Å². The average Bonchev–Trinajstić information content (AvgIpc) is 2.99. The fourth-order valence-electron chi connectivity index (χ4n) is 2.99. The largest absolute Gasteiger partial charge is 0.345 e. The van der Waals surface area contributed by atoms with Crippen molar-refractivity contribution in [3.05, 3.63) is 89.0 Å². The molecule has 0 fully saturated rings. The van der Waals surface area contributed by atoms with Crippen LogP contribution in [0.2, 0.25) is 0 Å². The standard InChI is InChI=1S/C21H22FN3O/c1-15-9-16(2)11-19(10-15)24-21(26)23-13-20-7-4-8-25(20)14-17-5-3-6-18(22)12-17/h3-12H,13-14H2,1-2H3,(H2,23,24,26). The van der Waals surface area contributed by atoms with E-state index in [1.807, 2.05) is 54.9 Å². The molecule has 0 bridgehead atoms. The molecule has 0 atom stereocenters. The molecular formula is C21H22FN3O. The summed E-state index contributed by atoms with van der Waals surface area (Å²) in [6.07, 6.45) is 1.92. The molecule has 0 saturated carbocycles. The molecule has 1 heterocycles. The molecule has 0 aliphatic carbocycles. The number of carbonyl (C=O) groups excluding carboxylic acids is 1. The van der Waals surface area contributed by atoms with Gasteiger partial charge in [-0.05, 0) is 66.9 Å². The van der Waals surface area contributed by atoms with E-state index < -0.39 is 0 Å². The van der Waals surface area contributed by atoms with Crippen molar-refractivity contribution in [1.29, 1.82) is 0 Å². The van der Waals surface area contributed by atoms with Crippen molar-refractivity contribution >= 4 is 11.7 Å². The maximum absolute atomic E-state index is 13.3. The smallest absolute Gasteiger partial charge is 0.319 e. The Morgan fingerprint density at radius 1 is 1.04 bits per heavy atom. The zero-order chi connectivity index (χ0) is 18.5. The fourth-order valence-corrected chi connectivity index (χ4v) is 2.99. The molecule has 0 aliphatic rings. The Morgan fingerprint density at radius 3 is 2.54 bits per heavy atom. The van der Waals surface area contributed by atoms with E-state index >= 15 is 0 Å². The van der Waals surface area contributed by atoms with Crippen molar-refractivity contribution in [2.75, 3.05) is 5.32 Å². The topological polar surface area (TPSA) is 46.1 Å². The van der Waals surface area contributed by atoms with E-state index in [-0.39, 0.29) is 11.8 Å². The Kier molecular flexibility index (Phi) is 5.37. The van der Waals surface area contributed by atoms with Crippen LogP contribution in [0.15, 0.2) is 60.8 Å². The molecular weight excluding hydrogens is 329 g/mol. The van der Waals surface area contributed by atoms with Gasteiger partial charge in [-0.15, -0.1) is 0 Å². The van der Waals surface area contributed by atoms with Crippen LogP contribution < -0.4 is 10.6 Å². The number of rotatable bonds is 5. The first-order valence-corrected chi connectivity index (χ1v) is 8.51. The predicted molar refractivity (Wildman–Crippen MR) is 102 cm³/mol. The molecule has 1 aromatic heterocycles. The number of nitrogens with zero attached hydrogens (tertiary/aromatic N) is 1. The third kappa shape index (κ3) is 4.72. The molecule has 0 unspecified atom stereocenters. The van der Waals surface area contributed by atoms with Gasteiger partial charge in [-0.3, -0.25) is 0 Å². The molecule has 2 amide bonds. The Morgan fingerprint density at radius 2 is 1.81 bits per heavy atom. The number of aromatic nitrogens is 1. The van der Waals surface area contributed by atoms with Crippen LogP contribution in [0.1, 0.15) is 22.4 Å². The van der Waals surface area contributed by atoms with Crippen molar-refractivity contribution in [2.24, 2.45) is 0 Å². The molecule has 26 heavy (non-hydrogen) atoms. The Bertz CT molecular complexity index is 897. The summed E-state index contributed by atoms with van der Waals surface area (Å²) in [4.78, 5) is 12.2. The number of anilines is 1. The molecule has 134 valence electrons. The summed E-state index contributed by atoms with van der Waals surface area (Å²) in [5, 5.41) is 5.72. The van der Waals surface area contributed by atoms with E-state index in [1.165, 1.54) is 12.1 Å². The number of nitrogens with one attached hydrogen (secondary N) is 2. The predicted octanol–water partition coefficient (Wildman–Crippen LogP) is 4.61. The SMILES string of the molecule is Cc1cc(C)cc(NC(=O)NCc2cccn2Cc2cccc(F)c2)c1. The summed E-state index contributed by atoms with van der Waals surface area (Å²) in [6.45, 7) is 4.93. The molecule has 3 aromatic rings. The summed E-state index contributed by atoms with van der Waals surface area (Å²) in [5.74, 6) is -0.248. The first-order valence-electron chi connectivity index (χ1n) is 8.51. The van der Waals surface area contributed by atoms with E-state index in [2.05, 4.69) is 16.7 Å². The maximum atomic E-state index is 13.3. The molecule has 2 N–H and O–H groups in total. The number of aryl methyl sites for hydroxylation is 2. The second kappa shape index (κ2) is 7.87. The van der Waals surface area contributed by atoms with Gasteiger partial charge in [-0.2, -0.15) is 0 Å². The lowest BCUT2D eigenvalue weighted by molar-refractivity contribution is 0.251. The van der Waals surface area contributed by atoms with E-state index in [9.17, 15) is 9.18 Å². The van der Waals surface area contributed by atoms with Crippen LogP contribution in [0.3, 0.4) is 0 Å². The van der Waals surface area contributed by atoms with Gasteiger partial charge in [0.1, 0.15) is 5.82 Å². The first-order chi connectivity index (χ1) is 12.5. The summed E-state index contributed by atoms with van der Waals surface area (Å²) >= 11 is 0. The minimum atomic E-state index is -0.256. The summed E-state index contributed by atoms with van der Waals surface area (Å²) in [7, 11) is 0. The molecule has 0 aliphatic heterocycles. The Labute approximate surface area is 152 Å². The quantitative estimate of drug-likeness (QED) is 0.692. The van der Waals surface area contributed by atoms with Crippen LogP contribution >= 0.6 is 0 Å². The third-order valence-electron chi connectivity index (χ3n) is 4.08. The number of benzene rings is 2. The van der Waals surface area contributed by atoms with Gasteiger partial charge < -0.3 is 15.2 Å². The summed E-state index contributed by atoms with van der Waals surface area (Å²) in [5.41, 5.74) is 4.80. The highest BCUT2D eigenvalue weighted by Crippen LogP contribution is 2.14. The minimum Gasteiger partial charge on any atom is -0.345 e. The van der Waals surface area contributed by atoms with Gasteiger partial charge >= 0.3 is 6.03 Å². The maximum Gasteiger partial charge on any atom is 0.319 e. The second-order valence-electron chi connectivity index (χ2n) is 6.44. The summed E-state index contributed by atoms with van der Waals surface area (Å²) in [6, 6.07) is 16.0. The molecule has 0 radical (unpaired) electrons. The average molecular weight is 351 g/mol. The van der Waals surface area contributed by atoms with E-state index in [0.29, 0.717) is 13.1 Å². The third-order valence-corrected chi connectivity index (χ3v) is 4.08. The van der Waals surface area contributed by atoms with Crippen molar-refractivity contribution < 1.29 is 9.18 Å². The van der Waals surface area contributed by atoms with Gasteiger partial charge in [0.15, 0.2) is 0 Å². The van der Waals surface area contributed by atoms with Gasteiger partial charge in [-0.25, -0.2) is 9.18 Å². The van der Waals surface area contributed by atoms with E-state index in [0.717, 1.165) is 28.1 Å². The normalized spacial score (nSPS) is 10.6. The van der Waals surface area contributed by atoms with Gasteiger partial charge in [0.25, 0.3) is 0 Å². The lowest BCUT2D eigenvalue weighted by Gasteiger charge is -2.12. The Hall–Kier alpha value is -3.08. The minimum absolute atomic E-state index is 0.248. The van der Waals surface area contributed by atoms with Crippen LogP contribution in [0.25, 0.3) is 0 Å². The van der Waals surface area contributed by atoms with Crippen molar-refractivity contribution in [2.45, 2.75) is 26.9 Å². The molecule has 2 aromatic carbocycles. The van der Waals surface area contributed by atoms with E-state index in [1.54, 1.807) is 6.07 Å². The molecule has 3 rings (SSSR count). The highest BCUT2D eigenvalue weighted by atomic mass is 19.1. The van der Waals surface area contributed by atoms with Crippen LogP contribution in [0.4, 0.5) is 14.9 Å². The number of halogens is 1. The number of carbonyl (C=O) groups is 1. The van der Waals surface area contributed by atoms with Gasteiger partial charge in [0.2, 0.25) is 0 Å². The molecule has 5 heteroatoms. The highest BCUT2D eigenvalue weighted by molar-refractivity contribution is 5.89. The van der Waals surface area contributed by atoms with Crippen LogP contribution in [-0.2, 0) is 13.1 Å². The van der Waals surface area contributed by atoms with Crippen molar-refractivity contribution in [1.82, 2.24) is 9.88 Å². The van der Waals surface area contributed by atoms with Gasteiger partial charge in [0.05, 0.1) is 6.54 Å². The molecule has 0 saturated heterocycles. The fraction of sp³-hybridized carbons (Fsp3) is 0.190. The van der Waals surface area contributed by atoms with Gasteiger partial charge in [0, 0.05) is 24.1 Å². The molecule has 0 spiro atoms. The van der Waals surface area contributed by atoms with Crippen molar-refractivity contribution in [3.63, 3.8) is 0 Å². The number of hydrogen-bond donors (Lipinski definition) is 2. The monoisotopic (exact) mass is 351 g/mol. The zero-order valence-electron chi connectivity index (χ0n) is 14.9. The lowest BCUT2D eigenvalue weighted by atomic mass is 10.1. The second-order valence-corrected chi connectivity index (χ2v) is 6.44. The number of urea groups is 1. The first kappa shape index (κ1) is 17.7. The molecule has 4 nitrogen and oxygen atoms in total. The number of amides is 2. The number of hydrogen-bond acceptors (Lipinski definition) is 1. The van der Waals surface area contributed by atoms with Crippen LogP contribution in [-0.4, -0.2) is 10.6 Å². The van der Waals surface area contributed by atoms with Crippen molar-refractivity contribution in [3.8, 4) is 0 Å². The Balaban J connectivity index is 1.60. The zero-order valence-corrected chi connectivity index (χ0v) is 14.9. The van der Waals surface area contributed by atoms with Crippen LogP contribution in [0.5, 0.6) is 0 Å². The summed E-state index contributed by atoms with van der Waals surface area (Å²) < 4.78 is 15.3. The highest BCUT2D eigenvalue weighted by Gasteiger charge is 2.06. The van der Waals surface area contributed by atoms with Gasteiger partial charge in [-0.1, -0.05) is 18.2 Å². The van der Waals surface area contributed by atoms with E-state index in [4.69, 9.17) is 0 Å².